The van der Waals surface area contributed by atoms with Crippen LogP contribution in [0.25, 0.3) is 22.2 Å². The van der Waals surface area contributed by atoms with Crippen LogP contribution in [0, 0.1) is 0 Å². The molecule has 198 valence electrons. The van der Waals surface area contributed by atoms with E-state index >= 15 is 0 Å². The van der Waals surface area contributed by atoms with Crippen LogP contribution in [0.3, 0.4) is 0 Å². The van der Waals surface area contributed by atoms with Crippen molar-refractivity contribution in [2.45, 2.75) is 32.1 Å². The highest BCUT2D eigenvalue weighted by atomic mass is 19.4. The molecule has 2 N–H and O–H groups in total. The second-order valence-electron chi connectivity index (χ2n) is 9.42. The molecule has 0 fully saturated rings. The maximum atomic E-state index is 13.8. The van der Waals surface area contributed by atoms with Gasteiger partial charge in [0.05, 0.1) is 23.7 Å². The molecule has 5 aromatic rings. The quantitative estimate of drug-likeness (QED) is 0.218. The van der Waals surface area contributed by atoms with Gasteiger partial charge in [-0.15, -0.1) is 0 Å². The van der Waals surface area contributed by atoms with Crippen molar-refractivity contribution in [1.29, 1.82) is 0 Å². The summed E-state index contributed by atoms with van der Waals surface area (Å²) in [6.07, 6.45) is -4.51. The van der Waals surface area contributed by atoms with E-state index in [1.165, 1.54) is 6.07 Å². The van der Waals surface area contributed by atoms with Gasteiger partial charge in [0.2, 0.25) is 0 Å². The Bertz CT molecular complexity index is 1590. The summed E-state index contributed by atoms with van der Waals surface area (Å²) in [5, 5.41) is 17.4. The van der Waals surface area contributed by atoms with Crippen molar-refractivity contribution in [3.8, 4) is 11.3 Å². The average Bonchev–Trinajstić information content (AvgIpc) is 3.29. The lowest BCUT2D eigenvalue weighted by atomic mass is 10.00. The highest BCUT2D eigenvalue weighted by Crippen LogP contribution is 2.38. The summed E-state index contributed by atoms with van der Waals surface area (Å²) in [5.74, 6) is -1.44. The standard InChI is InChI=1S/C31H26F3N3O2/c1-20(30(38)39)23-12-10-21(11-13-23)18-35-25-16-14-24(15-17-25)29-26-8-5-9-27(31(32,33)34)28(26)36-37(29)19-22-6-3-2-4-7-22/h2-17,20,35H,18-19H2,1H3,(H,38,39). The number of rotatable bonds is 8. The average molecular weight is 530 g/mol. The number of anilines is 1. The molecule has 0 spiro atoms. The van der Waals surface area contributed by atoms with Gasteiger partial charge in [0.25, 0.3) is 0 Å². The van der Waals surface area contributed by atoms with Crippen molar-refractivity contribution in [3.63, 3.8) is 0 Å². The minimum Gasteiger partial charge on any atom is -0.481 e. The number of halogens is 3. The first-order valence-electron chi connectivity index (χ1n) is 12.5. The van der Waals surface area contributed by atoms with Crippen LogP contribution in [0.15, 0.2) is 97.1 Å². The van der Waals surface area contributed by atoms with E-state index < -0.39 is 23.6 Å². The van der Waals surface area contributed by atoms with Crippen molar-refractivity contribution >= 4 is 22.6 Å². The number of carbonyl (C=O) groups is 1. The lowest BCUT2D eigenvalue weighted by molar-refractivity contribution is -0.138. The Balaban J connectivity index is 1.42. The van der Waals surface area contributed by atoms with Crippen LogP contribution in [-0.2, 0) is 24.1 Å². The third-order valence-electron chi connectivity index (χ3n) is 6.76. The topological polar surface area (TPSA) is 67.2 Å². The Morgan fingerprint density at radius 2 is 1.59 bits per heavy atom. The molecule has 0 amide bonds. The van der Waals surface area contributed by atoms with Crippen LogP contribution in [0.2, 0.25) is 0 Å². The minimum absolute atomic E-state index is 0.0706. The molecular formula is C31H26F3N3O2. The van der Waals surface area contributed by atoms with Crippen LogP contribution < -0.4 is 5.32 Å². The lowest BCUT2D eigenvalue weighted by Crippen LogP contribution is -2.07. The molecule has 1 atom stereocenters. The van der Waals surface area contributed by atoms with E-state index in [-0.39, 0.29) is 5.52 Å². The largest absolute Gasteiger partial charge is 0.481 e. The zero-order valence-corrected chi connectivity index (χ0v) is 21.1. The first-order chi connectivity index (χ1) is 18.7. The lowest BCUT2D eigenvalue weighted by Gasteiger charge is -2.11. The van der Waals surface area contributed by atoms with Crippen LogP contribution in [0.4, 0.5) is 18.9 Å². The number of carboxylic acid groups (broad SMARTS) is 1. The number of alkyl halides is 3. The molecular weight excluding hydrogens is 503 g/mol. The van der Waals surface area contributed by atoms with Crippen molar-refractivity contribution in [3.05, 3.63) is 119 Å². The molecule has 1 heterocycles. The van der Waals surface area contributed by atoms with Gasteiger partial charge in [-0.05, 0) is 41.8 Å². The Hall–Kier alpha value is -4.59. The first-order valence-corrected chi connectivity index (χ1v) is 12.5. The fourth-order valence-corrected chi connectivity index (χ4v) is 4.57. The zero-order valence-electron chi connectivity index (χ0n) is 21.1. The van der Waals surface area contributed by atoms with E-state index in [2.05, 4.69) is 10.4 Å². The van der Waals surface area contributed by atoms with Crippen molar-refractivity contribution in [2.75, 3.05) is 5.32 Å². The highest BCUT2D eigenvalue weighted by Gasteiger charge is 2.34. The van der Waals surface area contributed by atoms with Gasteiger partial charge in [-0.2, -0.15) is 18.3 Å². The number of hydrogen-bond acceptors (Lipinski definition) is 3. The number of hydrogen-bond donors (Lipinski definition) is 2. The smallest absolute Gasteiger partial charge is 0.418 e. The molecule has 5 rings (SSSR count). The molecule has 1 unspecified atom stereocenters. The SMILES string of the molecule is CC(C(=O)O)c1ccc(CNc2ccc(-c3c4cccc(C(F)(F)F)c4nn3Cc3ccccc3)cc2)cc1. The molecule has 0 aliphatic carbocycles. The Morgan fingerprint density at radius 1 is 0.897 bits per heavy atom. The van der Waals surface area contributed by atoms with Gasteiger partial charge in [0, 0.05) is 23.2 Å². The number of aromatic nitrogens is 2. The van der Waals surface area contributed by atoms with E-state index in [0.717, 1.165) is 34.0 Å². The molecule has 0 bridgehead atoms. The Labute approximate surface area is 223 Å². The van der Waals surface area contributed by atoms with Gasteiger partial charge in [0.1, 0.15) is 5.52 Å². The number of nitrogens with one attached hydrogen (secondary N) is 1. The monoisotopic (exact) mass is 529 g/mol. The van der Waals surface area contributed by atoms with Crippen LogP contribution >= 0.6 is 0 Å². The predicted octanol–water partition coefficient (Wildman–Crippen LogP) is 7.57. The molecule has 0 aliphatic heterocycles. The summed E-state index contributed by atoms with van der Waals surface area (Å²) < 4.78 is 43.0. The summed E-state index contributed by atoms with van der Waals surface area (Å²) in [4.78, 5) is 11.2. The maximum absolute atomic E-state index is 13.8. The van der Waals surface area contributed by atoms with Gasteiger partial charge >= 0.3 is 12.1 Å². The number of aliphatic carboxylic acids is 1. The zero-order chi connectivity index (χ0) is 27.6. The van der Waals surface area contributed by atoms with Crippen LogP contribution in [0.5, 0.6) is 0 Å². The molecule has 8 heteroatoms. The predicted molar refractivity (Wildman–Crippen MR) is 146 cm³/mol. The van der Waals surface area contributed by atoms with E-state index in [9.17, 15) is 23.1 Å². The van der Waals surface area contributed by atoms with Gasteiger partial charge in [-0.3, -0.25) is 9.48 Å². The molecule has 0 radical (unpaired) electrons. The first kappa shape index (κ1) is 26.0. The van der Waals surface area contributed by atoms with Gasteiger partial charge in [-0.25, -0.2) is 0 Å². The van der Waals surface area contributed by atoms with Gasteiger partial charge < -0.3 is 10.4 Å². The van der Waals surface area contributed by atoms with E-state index in [4.69, 9.17) is 0 Å². The number of fused-ring (bicyclic) bond motifs is 1. The van der Waals surface area contributed by atoms with E-state index in [0.29, 0.717) is 24.2 Å². The second kappa shape index (κ2) is 10.6. The molecule has 1 aromatic heterocycles. The fraction of sp³-hybridized carbons (Fsp3) is 0.161. The summed E-state index contributed by atoms with van der Waals surface area (Å²) in [6.45, 7) is 2.51. The van der Waals surface area contributed by atoms with Gasteiger partial charge in [-0.1, -0.05) is 78.9 Å². The Kier molecular flexibility index (Phi) is 7.11. The summed E-state index contributed by atoms with van der Waals surface area (Å²) in [6, 6.07) is 28.6. The van der Waals surface area contributed by atoms with Crippen molar-refractivity contribution in [2.24, 2.45) is 0 Å². The third kappa shape index (κ3) is 5.65. The highest BCUT2D eigenvalue weighted by molar-refractivity contribution is 5.95. The van der Waals surface area contributed by atoms with Gasteiger partial charge in [0.15, 0.2) is 0 Å². The number of nitrogens with zero attached hydrogens (tertiary/aromatic N) is 2. The van der Waals surface area contributed by atoms with Crippen LogP contribution in [0.1, 0.15) is 35.1 Å². The van der Waals surface area contributed by atoms with Crippen molar-refractivity contribution in [1.82, 2.24) is 9.78 Å². The molecule has 0 aliphatic rings. The molecule has 5 nitrogen and oxygen atoms in total. The second-order valence-corrected chi connectivity index (χ2v) is 9.42. The minimum atomic E-state index is -4.51. The normalized spacial score (nSPS) is 12.4. The summed E-state index contributed by atoms with van der Waals surface area (Å²) in [5.41, 5.74) is 4.06. The third-order valence-corrected chi connectivity index (χ3v) is 6.76. The summed E-state index contributed by atoms with van der Waals surface area (Å²) >= 11 is 0. The summed E-state index contributed by atoms with van der Waals surface area (Å²) in [7, 11) is 0. The number of benzene rings is 4. The number of carboxylic acids is 1. The fourth-order valence-electron chi connectivity index (χ4n) is 4.57. The Morgan fingerprint density at radius 3 is 2.23 bits per heavy atom. The van der Waals surface area contributed by atoms with E-state index in [1.54, 1.807) is 17.7 Å². The molecule has 0 saturated carbocycles. The van der Waals surface area contributed by atoms with E-state index in [1.807, 2.05) is 78.9 Å². The molecule has 39 heavy (non-hydrogen) atoms. The maximum Gasteiger partial charge on any atom is 0.418 e. The van der Waals surface area contributed by atoms with Crippen LogP contribution in [-0.4, -0.2) is 20.9 Å². The molecule has 4 aromatic carbocycles. The molecule has 0 saturated heterocycles. The van der Waals surface area contributed by atoms with Crippen molar-refractivity contribution < 1.29 is 23.1 Å².